The molecule has 0 unspecified atom stereocenters. The highest BCUT2D eigenvalue weighted by molar-refractivity contribution is 6.33. The van der Waals surface area contributed by atoms with E-state index in [-0.39, 0.29) is 5.02 Å². The highest BCUT2D eigenvalue weighted by Gasteiger charge is 2.34. The Balaban J connectivity index is 3.16. The molecule has 0 atom stereocenters. The molecule has 0 radical (unpaired) electrons. The van der Waals surface area contributed by atoms with Gasteiger partial charge >= 0.3 is 12.1 Å². The SMILES string of the molecule is O=C(O)C(=O)Cc1ccc(Cl)cc1C(F)(F)F. The molecular weight excluding hydrogens is 261 g/mol. The first kappa shape index (κ1) is 13.5. The Bertz CT molecular complexity index is 468. The molecule has 7 heteroatoms. The van der Waals surface area contributed by atoms with E-state index in [1.54, 1.807) is 0 Å². The van der Waals surface area contributed by atoms with Gasteiger partial charge in [-0.3, -0.25) is 4.79 Å². The third-order valence-electron chi connectivity index (χ3n) is 1.97. The van der Waals surface area contributed by atoms with Crippen LogP contribution in [0.5, 0.6) is 0 Å². The minimum absolute atomic E-state index is 0.135. The van der Waals surface area contributed by atoms with Gasteiger partial charge in [-0.1, -0.05) is 17.7 Å². The summed E-state index contributed by atoms with van der Waals surface area (Å²) in [6.45, 7) is 0. The van der Waals surface area contributed by atoms with Gasteiger partial charge in [-0.05, 0) is 17.7 Å². The molecule has 0 amide bonds. The number of rotatable bonds is 3. The van der Waals surface area contributed by atoms with Crippen LogP contribution >= 0.6 is 11.6 Å². The summed E-state index contributed by atoms with van der Waals surface area (Å²) in [4.78, 5) is 21.2. The van der Waals surface area contributed by atoms with E-state index in [0.717, 1.165) is 6.07 Å². The lowest BCUT2D eigenvalue weighted by Crippen LogP contribution is -2.18. The monoisotopic (exact) mass is 266 g/mol. The molecule has 1 aromatic carbocycles. The van der Waals surface area contributed by atoms with Crippen molar-refractivity contribution >= 4 is 23.4 Å². The van der Waals surface area contributed by atoms with Gasteiger partial charge in [0.1, 0.15) is 0 Å². The molecular formula is C10H6ClF3O3. The van der Waals surface area contributed by atoms with E-state index < -0.39 is 35.5 Å². The lowest BCUT2D eigenvalue weighted by Gasteiger charge is -2.12. The Morgan fingerprint density at radius 2 is 1.88 bits per heavy atom. The molecule has 1 N–H and O–H groups in total. The fourth-order valence-corrected chi connectivity index (χ4v) is 1.39. The van der Waals surface area contributed by atoms with Crippen LogP contribution in [0.3, 0.4) is 0 Å². The fraction of sp³-hybridized carbons (Fsp3) is 0.200. The van der Waals surface area contributed by atoms with Crippen LogP contribution in [0.25, 0.3) is 0 Å². The van der Waals surface area contributed by atoms with E-state index >= 15 is 0 Å². The van der Waals surface area contributed by atoms with Crippen LogP contribution in [-0.2, 0) is 22.2 Å². The third kappa shape index (κ3) is 3.45. The molecule has 92 valence electrons. The summed E-state index contributed by atoms with van der Waals surface area (Å²) in [5.74, 6) is -3.08. The van der Waals surface area contributed by atoms with Gasteiger partial charge in [0.05, 0.1) is 5.56 Å². The summed E-state index contributed by atoms with van der Waals surface area (Å²) in [5, 5.41) is 8.20. The Hall–Kier alpha value is -1.56. The van der Waals surface area contributed by atoms with Gasteiger partial charge in [-0.2, -0.15) is 13.2 Å². The second kappa shape index (κ2) is 4.75. The van der Waals surface area contributed by atoms with Crippen LogP contribution in [0, 0.1) is 0 Å². The Morgan fingerprint density at radius 1 is 1.29 bits per heavy atom. The maximum Gasteiger partial charge on any atom is 0.416 e. The van der Waals surface area contributed by atoms with E-state index in [2.05, 4.69) is 0 Å². The number of alkyl halides is 3. The zero-order valence-electron chi connectivity index (χ0n) is 8.21. The van der Waals surface area contributed by atoms with Crippen molar-refractivity contribution in [1.29, 1.82) is 0 Å². The van der Waals surface area contributed by atoms with Gasteiger partial charge in [-0.15, -0.1) is 0 Å². The summed E-state index contributed by atoms with van der Waals surface area (Å²) in [7, 11) is 0. The number of hydrogen-bond acceptors (Lipinski definition) is 2. The number of carboxylic acid groups (broad SMARTS) is 1. The van der Waals surface area contributed by atoms with Crippen LogP contribution in [-0.4, -0.2) is 16.9 Å². The topological polar surface area (TPSA) is 54.4 Å². The van der Waals surface area contributed by atoms with Crippen molar-refractivity contribution in [3.8, 4) is 0 Å². The molecule has 0 aliphatic carbocycles. The molecule has 0 heterocycles. The highest BCUT2D eigenvalue weighted by Crippen LogP contribution is 2.34. The van der Waals surface area contributed by atoms with Crippen molar-refractivity contribution in [1.82, 2.24) is 0 Å². The summed E-state index contributed by atoms with van der Waals surface area (Å²) >= 11 is 5.42. The summed E-state index contributed by atoms with van der Waals surface area (Å²) in [6.07, 6.45) is -5.50. The van der Waals surface area contributed by atoms with Crippen molar-refractivity contribution in [2.75, 3.05) is 0 Å². The summed E-state index contributed by atoms with van der Waals surface area (Å²) < 4.78 is 37.7. The molecule has 0 bridgehead atoms. The Morgan fingerprint density at radius 3 is 2.35 bits per heavy atom. The minimum Gasteiger partial charge on any atom is -0.475 e. The van der Waals surface area contributed by atoms with Gasteiger partial charge in [-0.25, -0.2) is 4.79 Å². The van der Waals surface area contributed by atoms with Gasteiger partial charge in [0, 0.05) is 11.4 Å². The van der Waals surface area contributed by atoms with Crippen molar-refractivity contribution < 1.29 is 27.9 Å². The molecule has 0 saturated heterocycles. The number of carbonyl (C=O) groups excluding carboxylic acids is 1. The average molecular weight is 267 g/mol. The molecule has 0 spiro atoms. The molecule has 3 nitrogen and oxygen atoms in total. The van der Waals surface area contributed by atoms with E-state index in [4.69, 9.17) is 16.7 Å². The predicted molar refractivity (Wildman–Crippen MR) is 52.8 cm³/mol. The summed E-state index contributed by atoms with van der Waals surface area (Å²) in [5.41, 5.74) is -1.51. The molecule has 0 aliphatic heterocycles. The second-order valence-electron chi connectivity index (χ2n) is 3.20. The molecule has 0 aromatic heterocycles. The van der Waals surface area contributed by atoms with Crippen molar-refractivity contribution in [3.63, 3.8) is 0 Å². The zero-order chi connectivity index (χ0) is 13.2. The number of aliphatic carboxylic acids is 1. The number of hydrogen-bond donors (Lipinski definition) is 1. The molecule has 1 aromatic rings. The van der Waals surface area contributed by atoms with Crippen LogP contribution in [0.15, 0.2) is 18.2 Å². The standard InChI is InChI=1S/C10H6ClF3O3/c11-6-2-1-5(3-8(15)9(16)17)7(4-6)10(12,13)14/h1-2,4H,3H2,(H,16,17). The normalized spacial score (nSPS) is 11.3. The number of halogens is 4. The first-order valence-electron chi connectivity index (χ1n) is 4.33. The van der Waals surface area contributed by atoms with E-state index in [1.807, 2.05) is 0 Å². The highest BCUT2D eigenvalue weighted by atomic mass is 35.5. The van der Waals surface area contributed by atoms with Crippen LogP contribution in [0.2, 0.25) is 5.02 Å². The fourth-order valence-electron chi connectivity index (χ4n) is 1.22. The maximum atomic E-state index is 12.6. The summed E-state index contributed by atoms with van der Waals surface area (Å²) in [6, 6.07) is 2.82. The van der Waals surface area contributed by atoms with Crippen molar-refractivity contribution in [2.45, 2.75) is 12.6 Å². The smallest absolute Gasteiger partial charge is 0.416 e. The van der Waals surface area contributed by atoms with E-state index in [0.29, 0.717) is 6.07 Å². The molecule has 0 fully saturated rings. The molecule has 0 aliphatic rings. The molecule has 17 heavy (non-hydrogen) atoms. The van der Waals surface area contributed by atoms with E-state index in [1.165, 1.54) is 6.07 Å². The number of carbonyl (C=O) groups is 2. The number of carboxylic acids is 1. The van der Waals surface area contributed by atoms with Gasteiger partial charge < -0.3 is 5.11 Å². The van der Waals surface area contributed by atoms with Gasteiger partial charge in [0.2, 0.25) is 5.78 Å². The Labute approximate surface area is 98.8 Å². The first-order valence-corrected chi connectivity index (χ1v) is 4.71. The zero-order valence-corrected chi connectivity index (χ0v) is 8.97. The van der Waals surface area contributed by atoms with Crippen LogP contribution in [0.4, 0.5) is 13.2 Å². The predicted octanol–water partition coefficient (Wildman–Crippen LogP) is 2.56. The number of ketones is 1. The third-order valence-corrected chi connectivity index (χ3v) is 2.20. The molecule has 0 saturated carbocycles. The average Bonchev–Trinajstić information content (AvgIpc) is 2.18. The minimum atomic E-state index is -4.68. The van der Waals surface area contributed by atoms with Gasteiger partial charge in [0.15, 0.2) is 0 Å². The van der Waals surface area contributed by atoms with Crippen molar-refractivity contribution in [2.24, 2.45) is 0 Å². The number of Topliss-reactive ketones (excluding diaryl/α,β-unsaturated/α-hetero) is 1. The van der Waals surface area contributed by atoms with E-state index in [9.17, 15) is 22.8 Å². The van der Waals surface area contributed by atoms with Crippen LogP contribution < -0.4 is 0 Å². The second-order valence-corrected chi connectivity index (χ2v) is 3.64. The van der Waals surface area contributed by atoms with Crippen molar-refractivity contribution in [3.05, 3.63) is 34.3 Å². The maximum absolute atomic E-state index is 12.6. The Kier molecular flexibility index (Phi) is 3.77. The van der Waals surface area contributed by atoms with Gasteiger partial charge in [0.25, 0.3) is 0 Å². The lowest BCUT2D eigenvalue weighted by molar-refractivity contribution is -0.149. The first-order chi connectivity index (χ1) is 7.71. The largest absolute Gasteiger partial charge is 0.475 e. The van der Waals surface area contributed by atoms with Crippen LogP contribution in [0.1, 0.15) is 11.1 Å². The number of benzene rings is 1. The quantitative estimate of drug-likeness (QED) is 0.856. The lowest BCUT2D eigenvalue weighted by atomic mass is 10.0. The molecule has 1 rings (SSSR count).